The molecule has 1 rings (SSSR count). The van der Waals surface area contributed by atoms with Crippen LogP contribution in [0, 0.1) is 5.82 Å². The molecule has 6 nitrogen and oxygen atoms in total. The van der Waals surface area contributed by atoms with Crippen LogP contribution in [-0.2, 0) is 14.3 Å². The van der Waals surface area contributed by atoms with Gasteiger partial charge in [0.1, 0.15) is 11.9 Å². The Kier molecular flexibility index (Phi) is 7.75. The van der Waals surface area contributed by atoms with Gasteiger partial charge in [0.2, 0.25) is 11.8 Å². The van der Waals surface area contributed by atoms with Crippen molar-refractivity contribution in [3.8, 4) is 0 Å². The molecule has 0 aliphatic heterocycles. The lowest BCUT2D eigenvalue weighted by Gasteiger charge is -2.12. The molecule has 1 aromatic carbocycles. The van der Waals surface area contributed by atoms with Crippen LogP contribution in [0.25, 0.3) is 0 Å². The van der Waals surface area contributed by atoms with Crippen molar-refractivity contribution in [3.63, 3.8) is 0 Å². The number of rotatable bonds is 5. The maximum absolute atomic E-state index is 13.4. The lowest BCUT2D eigenvalue weighted by molar-refractivity contribution is -0.118. The number of methoxy groups -OCH3 is 1. The highest BCUT2D eigenvalue weighted by Gasteiger charge is 2.14. The second-order valence-electron chi connectivity index (χ2n) is 3.93. The van der Waals surface area contributed by atoms with E-state index in [2.05, 4.69) is 10.6 Å². The van der Waals surface area contributed by atoms with Crippen LogP contribution in [-0.4, -0.2) is 31.6 Å². The first-order chi connectivity index (χ1) is 8.93. The molecule has 0 saturated carbocycles. The molecule has 1 unspecified atom stereocenters. The second-order valence-corrected chi connectivity index (χ2v) is 3.93. The smallest absolute Gasteiger partial charge is 0.243 e. The lowest BCUT2D eigenvalue weighted by atomic mass is 10.2. The van der Waals surface area contributed by atoms with E-state index < -0.39 is 23.7 Å². The number of nitrogens with two attached hydrogens (primary N) is 1. The lowest BCUT2D eigenvalue weighted by Crippen LogP contribution is -2.39. The van der Waals surface area contributed by atoms with Crippen molar-refractivity contribution in [2.45, 2.75) is 13.0 Å². The van der Waals surface area contributed by atoms with Gasteiger partial charge in [0.05, 0.1) is 12.3 Å². The van der Waals surface area contributed by atoms with E-state index >= 15 is 0 Å². The van der Waals surface area contributed by atoms with Crippen molar-refractivity contribution in [1.29, 1.82) is 0 Å². The molecule has 8 heteroatoms. The average Bonchev–Trinajstić information content (AvgIpc) is 2.33. The number of anilines is 2. The summed E-state index contributed by atoms with van der Waals surface area (Å²) < 4.78 is 18.1. The monoisotopic (exact) mass is 305 g/mol. The number of hydrogen-bond donors (Lipinski definition) is 3. The van der Waals surface area contributed by atoms with Gasteiger partial charge in [0, 0.05) is 19.7 Å². The van der Waals surface area contributed by atoms with Crippen LogP contribution in [0.1, 0.15) is 6.92 Å². The highest BCUT2D eigenvalue weighted by Crippen LogP contribution is 2.19. The fourth-order valence-electron chi connectivity index (χ4n) is 1.38. The summed E-state index contributed by atoms with van der Waals surface area (Å²) in [6.45, 7) is 1.34. The van der Waals surface area contributed by atoms with Gasteiger partial charge in [-0.2, -0.15) is 0 Å². The zero-order valence-corrected chi connectivity index (χ0v) is 11.9. The highest BCUT2D eigenvalue weighted by atomic mass is 35.5. The maximum atomic E-state index is 13.4. The van der Waals surface area contributed by atoms with Crippen molar-refractivity contribution in [1.82, 2.24) is 0 Å². The third-order valence-corrected chi connectivity index (χ3v) is 2.23. The molecule has 2 amide bonds. The van der Waals surface area contributed by atoms with Crippen LogP contribution >= 0.6 is 12.4 Å². The molecule has 0 aromatic heterocycles. The van der Waals surface area contributed by atoms with E-state index in [9.17, 15) is 14.0 Å². The predicted molar refractivity (Wildman–Crippen MR) is 76.4 cm³/mol. The fraction of sp³-hybridized carbons (Fsp3) is 0.333. The molecular weight excluding hydrogens is 289 g/mol. The molecule has 0 bridgehead atoms. The first-order valence-corrected chi connectivity index (χ1v) is 5.56. The number of nitrogens with one attached hydrogen (secondary N) is 2. The molecule has 0 fully saturated rings. The maximum Gasteiger partial charge on any atom is 0.243 e. The Labute approximate surface area is 122 Å². The van der Waals surface area contributed by atoms with Gasteiger partial charge in [-0.15, -0.1) is 12.4 Å². The molecule has 4 N–H and O–H groups in total. The van der Waals surface area contributed by atoms with Crippen LogP contribution in [0.15, 0.2) is 18.2 Å². The minimum Gasteiger partial charge on any atom is -0.383 e. The first kappa shape index (κ1) is 18.3. The Bertz CT molecular complexity index is 485. The topological polar surface area (TPSA) is 93.4 Å². The van der Waals surface area contributed by atoms with E-state index in [0.717, 1.165) is 6.07 Å². The summed E-state index contributed by atoms with van der Waals surface area (Å²) in [6.07, 6.45) is 0. The van der Waals surface area contributed by atoms with Crippen molar-refractivity contribution in [2.24, 2.45) is 5.73 Å². The molecule has 1 atom stereocenters. The number of hydrogen-bond acceptors (Lipinski definition) is 4. The molecule has 1 aromatic rings. The van der Waals surface area contributed by atoms with Gasteiger partial charge in [-0.05, 0) is 18.2 Å². The highest BCUT2D eigenvalue weighted by molar-refractivity contribution is 5.96. The van der Waals surface area contributed by atoms with E-state index in [0.29, 0.717) is 5.69 Å². The van der Waals surface area contributed by atoms with Gasteiger partial charge in [0.15, 0.2) is 0 Å². The Hall–Kier alpha value is -1.70. The van der Waals surface area contributed by atoms with E-state index in [1.165, 1.54) is 26.2 Å². The van der Waals surface area contributed by atoms with Crippen LogP contribution < -0.4 is 16.4 Å². The number of carbonyl (C=O) groups excluding carboxylic acids is 2. The predicted octanol–water partition coefficient (Wildman–Crippen LogP) is 1.12. The van der Waals surface area contributed by atoms with Gasteiger partial charge >= 0.3 is 0 Å². The summed E-state index contributed by atoms with van der Waals surface area (Å²) in [5.74, 6) is -1.45. The zero-order chi connectivity index (χ0) is 14.4. The molecule has 20 heavy (non-hydrogen) atoms. The number of amides is 2. The third kappa shape index (κ3) is 5.52. The third-order valence-electron chi connectivity index (χ3n) is 2.23. The minimum absolute atomic E-state index is 0. The quantitative estimate of drug-likeness (QED) is 0.760. The fourth-order valence-corrected chi connectivity index (χ4v) is 1.38. The molecule has 0 saturated heterocycles. The van der Waals surface area contributed by atoms with Crippen molar-refractivity contribution >= 4 is 35.6 Å². The molecule has 0 heterocycles. The molecule has 0 aliphatic rings. The number of benzene rings is 1. The van der Waals surface area contributed by atoms with E-state index in [-0.39, 0.29) is 24.7 Å². The van der Waals surface area contributed by atoms with Crippen LogP contribution in [0.2, 0.25) is 0 Å². The molecule has 0 aliphatic carbocycles. The normalized spacial score (nSPS) is 11.2. The number of halogens is 2. The average molecular weight is 306 g/mol. The van der Waals surface area contributed by atoms with Crippen molar-refractivity contribution in [2.75, 3.05) is 24.4 Å². The zero-order valence-electron chi connectivity index (χ0n) is 11.1. The Balaban J connectivity index is 0.00000361. The standard InChI is InChI=1S/C12H16FN3O3.ClH/c1-7(17)15-11-5-8(3-4-9(11)13)16-12(18)10(14)6-19-2;/h3-5,10H,6,14H2,1-2H3,(H,15,17)(H,16,18);1H. The van der Waals surface area contributed by atoms with Gasteiger partial charge < -0.3 is 21.1 Å². The summed E-state index contributed by atoms with van der Waals surface area (Å²) in [4.78, 5) is 22.5. The van der Waals surface area contributed by atoms with Crippen molar-refractivity contribution in [3.05, 3.63) is 24.0 Å². The summed E-state index contributed by atoms with van der Waals surface area (Å²) in [7, 11) is 1.43. The molecular formula is C12H17ClFN3O3. The Morgan fingerprint density at radius 1 is 1.40 bits per heavy atom. The number of carbonyl (C=O) groups is 2. The second kappa shape index (κ2) is 8.47. The SMILES string of the molecule is COCC(N)C(=O)Nc1ccc(F)c(NC(C)=O)c1.Cl. The first-order valence-electron chi connectivity index (χ1n) is 5.56. The summed E-state index contributed by atoms with van der Waals surface area (Å²) in [5, 5.41) is 4.83. The Morgan fingerprint density at radius 2 is 2.05 bits per heavy atom. The van der Waals surface area contributed by atoms with Gasteiger partial charge in [-0.25, -0.2) is 4.39 Å². The molecule has 0 radical (unpaired) electrons. The number of ether oxygens (including phenoxy) is 1. The molecule has 112 valence electrons. The summed E-state index contributed by atoms with van der Waals surface area (Å²) in [5.41, 5.74) is 5.87. The summed E-state index contributed by atoms with van der Waals surface area (Å²) >= 11 is 0. The van der Waals surface area contributed by atoms with Gasteiger partial charge in [-0.1, -0.05) is 0 Å². The van der Waals surface area contributed by atoms with Crippen LogP contribution in [0.5, 0.6) is 0 Å². The summed E-state index contributed by atoms with van der Waals surface area (Å²) in [6, 6.07) is 3.01. The van der Waals surface area contributed by atoms with Crippen LogP contribution in [0.3, 0.4) is 0 Å². The van der Waals surface area contributed by atoms with E-state index in [1.54, 1.807) is 0 Å². The Morgan fingerprint density at radius 3 is 2.60 bits per heavy atom. The van der Waals surface area contributed by atoms with E-state index in [1.807, 2.05) is 0 Å². The van der Waals surface area contributed by atoms with Crippen molar-refractivity contribution < 1.29 is 18.7 Å². The van der Waals surface area contributed by atoms with Gasteiger partial charge in [-0.3, -0.25) is 9.59 Å². The van der Waals surface area contributed by atoms with Gasteiger partial charge in [0.25, 0.3) is 0 Å². The minimum atomic E-state index is -0.820. The van der Waals surface area contributed by atoms with E-state index in [4.69, 9.17) is 10.5 Å². The largest absolute Gasteiger partial charge is 0.383 e. The van der Waals surface area contributed by atoms with Crippen LogP contribution in [0.4, 0.5) is 15.8 Å². The molecule has 0 spiro atoms.